The predicted octanol–water partition coefficient (Wildman–Crippen LogP) is 0.950. The fraction of sp³-hybridized carbons (Fsp3) is 0.562. The third-order valence-corrected chi connectivity index (χ3v) is 5.54. The molecule has 1 amide bonds. The van der Waals surface area contributed by atoms with Crippen molar-refractivity contribution in [2.75, 3.05) is 25.9 Å². The van der Waals surface area contributed by atoms with Crippen molar-refractivity contribution < 1.29 is 13.2 Å². The molecule has 2 N–H and O–H groups in total. The normalized spacial score (nSPS) is 18.9. The zero-order valence-electron chi connectivity index (χ0n) is 13.7. The van der Waals surface area contributed by atoms with Gasteiger partial charge in [-0.1, -0.05) is 12.1 Å². The van der Waals surface area contributed by atoms with Crippen molar-refractivity contribution in [3.05, 3.63) is 35.4 Å². The number of amides is 1. The molecule has 128 valence electrons. The maximum atomic E-state index is 12.5. The van der Waals surface area contributed by atoms with Gasteiger partial charge in [0.1, 0.15) is 0 Å². The number of benzene rings is 1. The lowest BCUT2D eigenvalue weighted by atomic mass is 10.0. The Bertz CT molecular complexity index is 628. The molecule has 1 heterocycles. The smallest absolute Gasteiger partial charge is 0.253 e. The summed E-state index contributed by atoms with van der Waals surface area (Å²) in [5.74, 6) is 0.0937. The van der Waals surface area contributed by atoms with Crippen LogP contribution in [0.3, 0.4) is 0 Å². The Labute approximate surface area is 138 Å². The minimum atomic E-state index is -3.20. The first-order valence-corrected chi connectivity index (χ1v) is 9.63. The molecule has 7 heteroatoms. The Kier molecular flexibility index (Phi) is 6.15. The average molecular weight is 339 g/mol. The monoisotopic (exact) mass is 339 g/mol. The predicted molar refractivity (Wildman–Crippen MR) is 90.7 cm³/mol. The van der Waals surface area contributed by atoms with Crippen molar-refractivity contribution in [2.45, 2.75) is 32.4 Å². The second kappa shape index (κ2) is 7.90. The number of carbonyl (C=O) groups is 1. The minimum absolute atomic E-state index is 0.0330. The Morgan fingerprint density at radius 3 is 2.61 bits per heavy atom. The Balaban J connectivity index is 1.97. The van der Waals surface area contributed by atoms with Gasteiger partial charge in [0, 0.05) is 31.2 Å². The fourth-order valence-corrected chi connectivity index (χ4v) is 3.23. The van der Waals surface area contributed by atoms with Crippen LogP contribution in [-0.2, 0) is 16.6 Å². The van der Waals surface area contributed by atoms with Crippen LogP contribution in [0.2, 0.25) is 0 Å². The van der Waals surface area contributed by atoms with Gasteiger partial charge < -0.3 is 10.2 Å². The lowest BCUT2D eigenvalue weighted by Gasteiger charge is -2.32. The quantitative estimate of drug-likeness (QED) is 0.809. The molecule has 0 spiro atoms. The zero-order chi connectivity index (χ0) is 16.9. The number of carbonyl (C=O) groups excluding carboxylic acids is 1. The van der Waals surface area contributed by atoms with E-state index < -0.39 is 10.0 Å². The van der Waals surface area contributed by atoms with E-state index in [0.29, 0.717) is 11.6 Å². The maximum Gasteiger partial charge on any atom is 0.253 e. The van der Waals surface area contributed by atoms with Crippen LogP contribution in [0.4, 0.5) is 0 Å². The van der Waals surface area contributed by atoms with Gasteiger partial charge in [-0.3, -0.25) is 4.79 Å². The Hall–Kier alpha value is -1.44. The van der Waals surface area contributed by atoms with E-state index in [1.165, 1.54) is 0 Å². The number of hydrogen-bond acceptors (Lipinski definition) is 4. The van der Waals surface area contributed by atoms with Gasteiger partial charge in [0.15, 0.2) is 0 Å². The first-order valence-electron chi connectivity index (χ1n) is 7.98. The molecule has 0 saturated carbocycles. The molecule has 1 aromatic carbocycles. The van der Waals surface area contributed by atoms with Crippen molar-refractivity contribution >= 4 is 15.9 Å². The molecule has 2 rings (SSSR count). The van der Waals surface area contributed by atoms with E-state index in [2.05, 4.69) is 10.0 Å². The van der Waals surface area contributed by atoms with Gasteiger partial charge in [-0.05, 0) is 44.5 Å². The highest BCUT2D eigenvalue weighted by atomic mass is 32.2. The van der Waals surface area contributed by atoms with Crippen LogP contribution in [0.1, 0.15) is 35.7 Å². The SMILES string of the molecule is CCS(=O)(=O)NCc1ccc(C(=O)N2CCCC(NC)C2)cc1. The highest BCUT2D eigenvalue weighted by molar-refractivity contribution is 7.89. The van der Waals surface area contributed by atoms with Gasteiger partial charge in [0.05, 0.1) is 5.75 Å². The number of nitrogens with zero attached hydrogens (tertiary/aromatic N) is 1. The molecule has 1 aromatic rings. The van der Waals surface area contributed by atoms with E-state index in [1.807, 2.05) is 11.9 Å². The molecule has 1 aliphatic rings. The standard InChI is InChI=1S/C16H25N3O3S/c1-3-23(21,22)18-11-13-6-8-14(9-7-13)16(20)19-10-4-5-15(12-19)17-2/h6-9,15,17-18H,3-5,10-12H2,1-2H3. The van der Waals surface area contributed by atoms with Crippen LogP contribution in [0.5, 0.6) is 0 Å². The van der Waals surface area contributed by atoms with Gasteiger partial charge in [0.2, 0.25) is 10.0 Å². The molecule has 0 bridgehead atoms. The minimum Gasteiger partial charge on any atom is -0.337 e. The topological polar surface area (TPSA) is 78.5 Å². The van der Waals surface area contributed by atoms with Crippen molar-refractivity contribution in [3.8, 4) is 0 Å². The molecular formula is C16H25N3O3S. The van der Waals surface area contributed by atoms with Crippen molar-refractivity contribution in [2.24, 2.45) is 0 Å². The van der Waals surface area contributed by atoms with Crippen LogP contribution in [0.25, 0.3) is 0 Å². The highest BCUT2D eigenvalue weighted by Crippen LogP contribution is 2.14. The second-order valence-corrected chi connectivity index (χ2v) is 7.90. The van der Waals surface area contributed by atoms with Crippen LogP contribution < -0.4 is 10.0 Å². The van der Waals surface area contributed by atoms with E-state index in [9.17, 15) is 13.2 Å². The third kappa shape index (κ3) is 5.02. The fourth-order valence-electron chi connectivity index (χ4n) is 2.64. The van der Waals surface area contributed by atoms with Crippen molar-refractivity contribution in [1.29, 1.82) is 0 Å². The van der Waals surface area contributed by atoms with Gasteiger partial charge in [0.25, 0.3) is 5.91 Å². The number of hydrogen-bond donors (Lipinski definition) is 2. The molecule has 23 heavy (non-hydrogen) atoms. The molecule has 0 radical (unpaired) electrons. The summed E-state index contributed by atoms with van der Waals surface area (Å²) in [6, 6.07) is 7.48. The van der Waals surface area contributed by atoms with Gasteiger partial charge in [-0.2, -0.15) is 0 Å². The van der Waals surface area contributed by atoms with Crippen molar-refractivity contribution in [3.63, 3.8) is 0 Å². The first kappa shape index (κ1) is 17.9. The van der Waals surface area contributed by atoms with Crippen LogP contribution >= 0.6 is 0 Å². The summed E-state index contributed by atoms with van der Waals surface area (Å²) in [6.07, 6.45) is 2.10. The van der Waals surface area contributed by atoms with E-state index in [4.69, 9.17) is 0 Å². The molecular weight excluding hydrogens is 314 g/mol. The number of rotatable bonds is 6. The van der Waals surface area contributed by atoms with Gasteiger partial charge in [-0.15, -0.1) is 0 Å². The highest BCUT2D eigenvalue weighted by Gasteiger charge is 2.23. The molecule has 1 aliphatic heterocycles. The number of likely N-dealkylation sites (N-methyl/N-ethyl adjacent to an activating group) is 1. The summed E-state index contributed by atoms with van der Waals surface area (Å²) in [6.45, 7) is 3.36. The summed E-state index contributed by atoms with van der Waals surface area (Å²) in [5.41, 5.74) is 1.48. The number of sulfonamides is 1. The summed E-state index contributed by atoms with van der Waals surface area (Å²) in [7, 11) is -1.28. The summed E-state index contributed by atoms with van der Waals surface area (Å²) < 4.78 is 25.4. The van der Waals surface area contributed by atoms with Gasteiger partial charge >= 0.3 is 0 Å². The van der Waals surface area contributed by atoms with E-state index in [-0.39, 0.29) is 18.2 Å². The zero-order valence-corrected chi connectivity index (χ0v) is 14.5. The molecule has 6 nitrogen and oxygen atoms in total. The van der Waals surface area contributed by atoms with Crippen molar-refractivity contribution in [1.82, 2.24) is 14.9 Å². The maximum absolute atomic E-state index is 12.5. The van der Waals surface area contributed by atoms with Crippen LogP contribution in [-0.4, -0.2) is 51.2 Å². The van der Waals surface area contributed by atoms with Crippen LogP contribution in [0, 0.1) is 0 Å². The second-order valence-electron chi connectivity index (χ2n) is 5.80. The molecule has 1 unspecified atom stereocenters. The lowest BCUT2D eigenvalue weighted by molar-refractivity contribution is 0.0698. The lowest BCUT2D eigenvalue weighted by Crippen LogP contribution is -2.46. The largest absolute Gasteiger partial charge is 0.337 e. The number of nitrogens with one attached hydrogen (secondary N) is 2. The number of piperidine rings is 1. The van der Waals surface area contributed by atoms with Crippen LogP contribution in [0.15, 0.2) is 24.3 Å². The first-order chi connectivity index (χ1) is 10.9. The molecule has 1 saturated heterocycles. The molecule has 0 aliphatic carbocycles. The summed E-state index contributed by atoms with van der Waals surface area (Å²) in [4.78, 5) is 14.4. The van der Waals surface area contributed by atoms with E-state index in [1.54, 1.807) is 31.2 Å². The van der Waals surface area contributed by atoms with Gasteiger partial charge in [-0.25, -0.2) is 13.1 Å². The summed E-state index contributed by atoms with van der Waals surface area (Å²) in [5, 5.41) is 3.23. The molecule has 1 fully saturated rings. The summed E-state index contributed by atoms with van der Waals surface area (Å²) >= 11 is 0. The third-order valence-electron chi connectivity index (χ3n) is 4.19. The Morgan fingerprint density at radius 2 is 2.00 bits per heavy atom. The number of likely N-dealkylation sites (tertiary alicyclic amines) is 1. The average Bonchev–Trinajstić information content (AvgIpc) is 2.60. The Morgan fingerprint density at radius 1 is 1.30 bits per heavy atom. The van der Waals surface area contributed by atoms with E-state index >= 15 is 0 Å². The van der Waals surface area contributed by atoms with E-state index in [0.717, 1.165) is 31.5 Å². The molecule has 1 atom stereocenters. The molecule has 0 aromatic heterocycles.